The van der Waals surface area contributed by atoms with Gasteiger partial charge in [0.05, 0.1) is 5.01 Å². The average molecular weight is 267 g/mol. The molecule has 0 radical (unpaired) electrons. The summed E-state index contributed by atoms with van der Waals surface area (Å²) in [6, 6.07) is 0. The molecule has 0 atom stereocenters. The highest BCUT2D eigenvalue weighted by molar-refractivity contribution is 7.11. The van der Waals surface area contributed by atoms with Gasteiger partial charge in [0.1, 0.15) is 0 Å². The van der Waals surface area contributed by atoms with E-state index in [0.717, 1.165) is 19.5 Å². The van der Waals surface area contributed by atoms with Crippen LogP contribution in [0.25, 0.3) is 0 Å². The van der Waals surface area contributed by atoms with E-state index < -0.39 is 0 Å². The maximum absolute atomic E-state index is 4.38. The predicted molar refractivity (Wildman–Crippen MR) is 78.1 cm³/mol. The largest absolute Gasteiger partial charge is 0.312 e. The van der Waals surface area contributed by atoms with Crippen LogP contribution in [0.15, 0.2) is 6.20 Å². The van der Waals surface area contributed by atoms with Gasteiger partial charge in [0.25, 0.3) is 0 Å². The summed E-state index contributed by atoms with van der Waals surface area (Å²) >= 11 is 1.83. The molecule has 1 aliphatic rings. The fraction of sp³-hybridized carbons (Fsp3) is 0.786. The molecule has 1 aliphatic heterocycles. The molecule has 2 rings (SSSR count). The molecule has 1 saturated heterocycles. The van der Waals surface area contributed by atoms with E-state index in [2.05, 4.69) is 22.1 Å². The SMILES string of the molecule is CCc1ncc(CNCCCN2CCCCC2)s1. The summed E-state index contributed by atoms with van der Waals surface area (Å²) in [6.45, 7) is 8.15. The van der Waals surface area contributed by atoms with Crippen molar-refractivity contribution >= 4 is 11.3 Å². The van der Waals surface area contributed by atoms with Crippen LogP contribution in [0.4, 0.5) is 0 Å². The molecule has 0 amide bonds. The van der Waals surface area contributed by atoms with Gasteiger partial charge in [0.2, 0.25) is 0 Å². The Morgan fingerprint density at radius 1 is 1.33 bits per heavy atom. The van der Waals surface area contributed by atoms with Crippen LogP contribution in [0.3, 0.4) is 0 Å². The summed E-state index contributed by atoms with van der Waals surface area (Å²) in [6.07, 6.45) is 8.56. The van der Waals surface area contributed by atoms with Crippen molar-refractivity contribution in [1.29, 1.82) is 0 Å². The van der Waals surface area contributed by atoms with Crippen LogP contribution in [0.5, 0.6) is 0 Å². The van der Waals surface area contributed by atoms with E-state index in [1.165, 1.54) is 55.2 Å². The Labute approximate surface area is 115 Å². The zero-order valence-corrected chi connectivity index (χ0v) is 12.3. The molecule has 0 unspecified atom stereocenters. The molecule has 4 heteroatoms. The van der Waals surface area contributed by atoms with E-state index >= 15 is 0 Å². The molecule has 1 fully saturated rings. The number of aromatic nitrogens is 1. The third kappa shape index (κ3) is 4.67. The van der Waals surface area contributed by atoms with Crippen LogP contribution in [0, 0.1) is 0 Å². The van der Waals surface area contributed by atoms with Crippen molar-refractivity contribution in [1.82, 2.24) is 15.2 Å². The highest BCUT2D eigenvalue weighted by Crippen LogP contribution is 2.12. The zero-order valence-electron chi connectivity index (χ0n) is 11.5. The third-order valence-electron chi connectivity index (χ3n) is 3.48. The van der Waals surface area contributed by atoms with E-state index in [1.54, 1.807) is 0 Å². The molecule has 0 aliphatic carbocycles. The van der Waals surface area contributed by atoms with Gasteiger partial charge in [-0.05, 0) is 51.9 Å². The number of thiazole rings is 1. The van der Waals surface area contributed by atoms with Crippen LogP contribution in [0.1, 0.15) is 42.5 Å². The van der Waals surface area contributed by atoms with Gasteiger partial charge in [-0.2, -0.15) is 0 Å². The number of piperidine rings is 1. The Hall–Kier alpha value is -0.450. The van der Waals surface area contributed by atoms with Crippen molar-refractivity contribution in [3.8, 4) is 0 Å². The number of nitrogens with zero attached hydrogens (tertiary/aromatic N) is 2. The minimum Gasteiger partial charge on any atom is -0.312 e. The normalized spacial score (nSPS) is 17.2. The topological polar surface area (TPSA) is 28.2 Å². The highest BCUT2D eigenvalue weighted by atomic mass is 32.1. The van der Waals surface area contributed by atoms with E-state index in [9.17, 15) is 0 Å². The number of likely N-dealkylation sites (tertiary alicyclic amines) is 1. The van der Waals surface area contributed by atoms with Crippen molar-refractivity contribution in [2.75, 3.05) is 26.2 Å². The molecular weight excluding hydrogens is 242 g/mol. The Bertz CT molecular complexity index is 332. The maximum atomic E-state index is 4.38. The highest BCUT2D eigenvalue weighted by Gasteiger charge is 2.08. The molecule has 3 nitrogen and oxygen atoms in total. The number of nitrogens with one attached hydrogen (secondary N) is 1. The van der Waals surface area contributed by atoms with Gasteiger partial charge >= 0.3 is 0 Å². The van der Waals surface area contributed by atoms with E-state index in [1.807, 2.05) is 17.5 Å². The van der Waals surface area contributed by atoms with E-state index in [-0.39, 0.29) is 0 Å². The first-order chi connectivity index (χ1) is 8.88. The zero-order chi connectivity index (χ0) is 12.6. The van der Waals surface area contributed by atoms with Gasteiger partial charge in [-0.25, -0.2) is 4.98 Å². The fourth-order valence-electron chi connectivity index (χ4n) is 2.42. The van der Waals surface area contributed by atoms with Gasteiger partial charge in [-0.15, -0.1) is 11.3 Å². The van der Waals surface area contributed by atoms with E-state index in [4.69, 9.17) is 0 Å². The molecule has 18 heavy (non-hydrogen) atoms. The van der Waals surface area contributed by atoms with Gasteiger partial charge < -0.3 is 10.2 Å². The number of hydrogen-bond donors (Lipinski definition) is 1. The van der Waals surface area contributed by atoms with Crippen LogP contribution < -0.4 is 5.32 Å². The lowest BCUT2D eigenvalue weighted by atomic mass is 10.1. The van der Waals surface area contributed by atoms with Gasteiger partial charge in [-0.1, -0.05) is 13.3 Å². The van der Waals surface area contributed by atoms with E-state index in [0.29, 0.717) is 0 Å². The second-order valence-electron chi connectivity index (χ2n) is 5.01. The Balaban J connectivity index is 1.52. The lowest BCUT2D eigenvalue weighted by Crippen LogP contribution is -2.32. The third-order valence-corrected chi connectivity index (χ3v) is 4.62. The molecule has 0 saturated carbocycles. The minimum atomic E-state index is 0.984. The Morgan fingerprint density at radius 3 is 2.89 bits per heavy atom. The smallest absolute Gasteiger partial charge is 0.0925 e. The Kier molecular flexibility index (Phi) is 6.11. The molecule has 1 aromatic rings. The second kappa shape index (κ2) is 7.87. The van der Waals surface area contributed by atoms with Crippen molar-refractivity contribution < 1.29 is 0 Å². The molecule has 0 spiro atoms. The van der Waals surface area contributed by atoms with Crippen molar-refractivity contribution in [2.24, 2.45) is 0 Å². The fourth-order valence-corrected chi connectivity index (χ4v) is 3.25. The summed E-state index contributed by atoms with van der Waals surface area (Å²) in [5.41, 5.74) is 0. The van der Waals surface area contributed by atoms with Crippen molar-refractivity contribution in [2.45, 2.75) is 45.6 Å². The predicted octanol–water partition coefficient (Wildman–Crippen LogP) is 2.67. The average Bonchev–Trinajstić information content (AvgIpc) is 2.87. The second-order valence-corrected chi connectivity index (χ2v) is 6.21. The first kappa shape index (κ1) is 14.0. The molecule has 0 bridgehead atoms. The van der Waals surface area contributed by atoms with Gasteiger partial charge in [0, 0.05) is 17.6 Å². The molecular formula is C14H25N3S. The van der Waals surface area contributed by atoms with Gasteiger partial charge in [-0.3, -0.25) is 0 Å². The number of rotatable bonds is 7. The van der Waals surface area contributed by atoms with Crippen LogP contribution in [-0.2, 0) is 13.0 Å². The summed E-state index contributed by atoms with van der Waals surface area (Å²) in [7, 11) is 0. The minimum absolute atomic E-state index is 0.984. The summed E-state index contributed by atoms with van der Waals surface area (Å²) in [5, 5.41) is 4.77. The first-order valence-corrected chi connectivity index (χ1v) is 8.07. The molecule has 1 aromatic heterocycles. The van der Waals surface area contributed by atoms with Gasteiger partial charge in [0.15, 0.2) is 0 Å². The summed E-state index contributed by atoms with van der Waals surface area (Å²) in [5.74, 6) is 0. The molecule has 102 valence electrons. The molecule has 2 heterocycles. The van der Waals surface area contributed by atoms with Crippen LogP contribution >= 0.6 is 11.3 Å². The standard InChI is InChI=1S/C14H25N3S/c1-2-14-16-12-13(18-14)11-15-7-6-10-17-8-4-3-5-9-17/h12,15H,2-11H2,1H3. The Morgan fingerprint density at radius 2 is 2.17 bits per heavy atom. The van der Waals surface area contributed by atoms with Crippen LogP contribution in [-0.4, -0.2) is 36.1 Å². The number of aryl methyl sites for hydroxylation is 1. The lowest BCUT2D eigenvalue weighted by Gasteiger charge is -2.26. The first-order valence-electron chi connectivity index (χ1n) is 7.25. The van der Waals surface area contributed by atoms with Crippen molar-refractivity contribution in [3.05, 3.63) is 16.1 Å². The monoisotopic (exact) mass is 267 g/mol. The quantitative estimate of drug-likeness (QED) is 0.770. The summed E-state index contributed by atoms with van der Waals surface area (Å²) in [4.78, 5) is 8.35. The van der Waals surface area contributed by atoms with Crippen LogP contribution in [0.2, 0.25) is 0 Å². The lowest BCUT2D eigenvalue weighted by molar-refractivity contribution is 0.225. The molecule has 1 N–H and O–H groups in total. The maximum Gasteiger partial charge on any atom is 0.0925 e. The van der Waals surface area contributed by atoms with Crippen molar-refractivity contribution in [3.63, 3.8) is 0 Å². The molecule has 0 aromatic carbocycles. The number of hydrogen-bond acceptors (Lipinski definition) is 4. The summed E-state index contributed by atoms with van der Waals surface area (Å²) < 4.78 is 0.